The van der Waals surface area contributed by atoms with Crippen LogP contribution >= 0.6 is 11.6 Å². The molecule has 0 bridgehead atoms. The molecule has 0 atom stereocenters. The number of hydrogen-bond donors (Lipinski definition) is 1. The number of carbonyl (C=O) groups is 1. The Balaban J connectivity index is 1.70. The molecule has 6 heteroatoms. The first-order chi connectivity index (χ1) is 13.2. The molecule has 3 rings (SSSR count). The van der Waals surface area contributed by atoms with Gasteiger partial charge in [-0.05, 0) is 24.3 Å². The van der Waals surface area contributed by atoms with Crippen molar-refractivity contribution >= 4 is 17.7 Å². The largest absolute Gasteiger partial charge is 0.489 e. The Morgan fingerprint density at radius 1 is 1.07 bits per heavy atom. The molecular formula is C22H23ClN2O3. The van der Waals surface area contributed by atoms with Crippen LogP contribution in [0.1, 0.15) is 33.3 Å². The first-order valence-corrected chi connectivity index (χ1v) is 9.43. The van der Waals surface area contributed by atoms with Gasteiger partial charge in [-0.1, -0.05) is 57.5 Å². The number of carbonyl (C=O) groups excluding carboxylic acids is 1. The third-order valence-corrected chi connectivity index (χ3v) is 5.68. The summed E-state index contributed by atoms with van der Waals surface area (Å²) in [5.74, 6) is 1.09. The second kappa shape index (κ2) is 7.37. The molecule has 1 fully saturated rings. The third kappa shape index (κ3) is 3.65. The lowest BCUT2D eigenvalue weighted by atomic mass is 9.49. The molecule has 1 aliphatic rings. The maximum atomic E-state index is 12.3. The SMILES string of the molecule is CC1(C)C(NC(=O)Oc2ccccc2)C(C)(C)C1Oc1ccc(C#N)c(Cl)c1. The van der Waals surface area contributed by atoms with Gasteiger partial charge in [0.2, 0.25) is 0 Å². The van der Waals surface area contributed by atoms with E-state index in [1.807, 2.05) is 52.0 Å². The van der Waals surface area contributed by atoms with E-state index in [1.165, 1.54) is 0 Å². The molecular weight excluding hydrogens is 376 g/mol. The average Bonchev–Trinajstić information content (AvgIpc) is 2.65. The van der Waals surface area contributed by atoms with Crippen LogP contribution in [-0.2, 0) is 0 Å². The minimum atomic E-state index is -0.489. The number of amides is 1. The molecule has 28 heavy (non-hydrogen) atoms. The van der Waals surface area contributed by atoms with Crippen molar-refractivity contribution in [1.82, 2.24) is 5.32 Å². The lowest BCUT2D eigenvalue weighted by molar-refractivity contribution is -0.164. The normalized spacial score (nSPS) is 21.7. The zero-order chi connectivity index (χ0) is 20.5. The summed E-state index contributed by atoms with van der Waals surface area (Å²) in [5.41, 5.74) is -0.261. The molecule has 0 heterocycles. The molecule has 0 aliphatic heterocycles. The van der Waals surface area contributed by atoms with Crippen LogP contribution < -0.4 is 14.8 Å². The van der Waals surface area contributed by atoms with Gasteiger partial charge >= 0.3 is 6.09 Å². The smallest absolute Gasteiger partial charge is 0.412 e. The average molecular weight is 399 g/mol. The van der Waals surface area contributed by atoms with Crippen molar-refractivity contribution in [2.75, 3.05) is 0 Å². The number of halogens is 1. The molecule has 1 N–H and O–H groups in total. The van der Waals surface area contributed by atoms with Crippen molar-refractivity contribution in [2.45, 2.75) is 39.8 Å². The van der Waals surface area contributed by atoms with Gasteiger partial charge in [0.25, 0.3) is 0 Å². The van der Waals surface area contributed by atoms with Crippen molar-refractivity contribution in [1.29, 1.82) is 5.26 Å². The Morgan fingerprint density at radius 3 is 2.29 bits per heavy atom. The molecule has 0 radical (unpaired) electrons. The van der Waals surface area contributed by atoms with E-state index in [9.17, 15) is 4.79 Å². The fourth-order valence-corrected chi connectivity index (χ4v) is 4.55. The lowest BCUT2D eigenvalue weighted by Gasteiger charge is -2.62. The molecule has 2 aromatic rings. The van der Waals surface area contributed by atoms with E-state index >= 15 is 0 Å². The van der Waals surface area contributed by atoms with Crippen LogP contribution in [-0.4, -0.2) is 18.2 Å². The molecule has 0 saturated heterocycles. The third-order valence-electron chi connectivity index (χ3n) is 5.37. The first kappa shape index (κ1) is 20.0. The fraction of sp³-hybridized carbons (Fsp3) is 0.364. The van der Waals surface area contributed by atoms with Gasteiger partial charge in [-0.25, -0.2) is 4.79 Å². The number of para-hydroxylation sites is 1. The van der Waals surface area contributed by atoms with Gasteiger partial charge in [-0.15, -0.1) is 0 Å². The van der Waals surface area contributed by atoms with E-state index in [2.05, 4.69) is 5.32 Å². The second-order valence-electron chi connectivity index (χ2n) is 8.17. The number of rotatable bonds is 4. The molecule has 2 aromatic carbocycles. The van der Waals surface area contributed by atoms with Crippen LogP contribution in [0.3, 0.4) is 0 Å². The Morgan fingerprint density at radius 2 is 1.71 bits per heavy atom. The molecule has 0 unspecified atom stereocenters. The highest BCUT2D eigenvalue weighted by atomic mass is 35.5. The maximum absolute atomic E-state index is 12.3. The van der Waals surface area contributed by atoms with Crippen LogP contribution in [0.2, 0.25) is 5.02 Å². The Bertz CT molecular complexity index is 903. The monoisotopic (exact) mass is 398 g/mol. The van der Waals surface area contributed by atoms with Crippen LogP contribution in [0.4, 0.5) is 4.79 Å². The number of ether oxygens (including phenoxy) is 2. The number of nitrogens with zero attached hydrogens (tertiary/aromatic N) is 1. The Labute approximate surface area is 170 Å². The predicted molar refractivity (Wildman–Crippen MR) is 108 cm³/mol. The van der Waals surface area contributed by atoms with Gasteiger partial charge in [0, 0.05) is 22.9 Å². The van der Waals surface area contributed by atoms with Crippen molar-refractivity contribution in [3.63, 3.8) is 0 Å². The quantitative estimate of drug-likeness (QED) is 0.769. The minimum Gasteiger partial charge on any atom is -0.489 e. The summed E-state index contributed by atoms with van der Waals surface area (Å²) in [5, 5.41) is 12.3. The molecule has 0 spiro atoms. The Kier molecular flexibility index (Phi) is 5.27. The fourth-order valence-electron chi connectivity index (χ4n) is 4.34. The topological polar surface area (TPSA) is 71.3 Å². The highest BCUT2D eigenvalue weighted by Gasteiger charge is 2.64. The number of nitriles is 1. The zero-order valence-corrected chi connectivity index (χ0v) is 17.1. The highest BCUT2D eigenvalue weighted by molar-refractivity contribution is 6.31. The standard InChI is InChI=1S/C22H23ClN2O3/c1-21(2)18(25-20(26)28-15-8-6-5-7-9-15)22(3,4)19(21)27-16-11-10-14(13-24)17(23)12-16/h5-12,18-19H,1-4H3,(H,25,26). The van der Waals surface area contributed by atoms with Crippen LogP contribution in [0.15, 0.2) is 48.5 Å². The second-order valence-corrected chi connectivity index (χ2v) is 8.58. The van der Waals surface area contributed by atoms with Crippen molar-refractivity contribution in [3.05, 3.63) is 59.1 Å². The number of hydrogen-bond acceptors (Lipinski definition) is 4. The molecule has 1 saturated carbocycles. The van der Waals surface area contributed by atoms with Gasteiger partial charge in [-0.3, -0.25) is 0 Å². The van der Waals surface area contributed by atoms with Gasteiger partial charge < -0.3 is 14.8 Å². The van der Waals surface area contributed by atoms with Crippen molar-refractivity contribution in [2.24, 2.45) is 10.8 Å². The molecule has 146 valence electrons. The highest BCUT2D eigenvalue weighted by Crippen LogP contribution is 2.55. The summed E-state index contributed by atoms with van der Waals surface area (Å²) < 4.78 is 11.6. The van der Waals surface area contributed by atoms with E-state index in [-0.39, 0.29) is 23.0 Å². The summed E-state index contributed by atoms with van der Waals surface area (Å²) in [7, 11) is 0. The molecule has 1 amide bonds. The molecule has 5 nitrogen and oxygen atoms in total. The lowest BCUT2D eigenvalue weighted by Crippen LogP contribution is -2.74. The summed E-state index contributed by atoms with van der Waals surface area (Å²) in [6.07, 6.45) is -0.650. The van der Waals surface area contributed by atoms with E-state index in [4.69, 9.17) is 26.3 Å². The van der Waals surface area contributed by atoms with Crippen molar-refractivity contribution in [3.8, 4) is 17.6 Å². The zero-order valence-electron chi connectivity index (χ0n) is 16.3. The number of nitrogens with one attached hydrogen (secondary N) is 1. The van der Waals surface area contributed by atoms with E-state index in [1.54, 1.807) is 30.3 Å². The number of benzene rings is 2. The summed E-state index contributed by atoms with van der Waals surface area (Å²) in [6.45, 7) is 8.17. The van der Waals surface area contributed by atoms with Crippen LogP contribution in [0.5, 0.6) is 11.5 Å². The van der Waals surface area contributed by atoms with Crippen molar-refractivity contribution < 1.29 is 14.3 Å². The van der Waals surface area contributed by atoms with E-state index < -0.39 is 6.09 Å². The Hall–Kier alpha value is -2.71. The van der Waals surface area contributed by atoms with Gasteiger partial charge in [0.1, 0.15) is 23.7 Å². The maximum Gasteiger partial charge on any atom is 0.412 e. The minimum absolute atomic E-state index is 0.143. The summed E-state index contributed by atoms with van der Waals surface area (Å²) in [6, 6.07) is 15.9. The van der Waals surface area contributed by atoms with Gasteiger partial charge in [-0.2, -0.15) is 5.26 Å². The first-order valence-electron chi connectivity index (χ1n) is 9.06. The summed E-state index contributed by atoms with van der Waals surface area (Å²) in [4.78, 5) is 12.3. The van der Waals surface area contributed by atoms with Crippen LogP contribution in [0, 0.1) is 22.2 Å². The molecule has 0 aromatic heterocycles. The van der Waals surface area contributed by atoms with Gasteiger partial charge in [0.15, 0.2) is 0 Å². The van der Waals surface area contributed by atoms with E-state index in [0.29, 0.717) is 22.1 Å². The van der Waals surface area contributed by atoms with E-state index in [0.717, 1.165) is 0 Å². The molecule has 1 aliphatic carbocycles. The van der Waals surface area contributed by atoms with Gasteiger partial charge in [0.05, 0.1) is 10.6 Å². The predicted octanol–water partition coefficient (Wildman–Crippen LogP) is 5.18. The van der Waals surface area contributed by atoms with Crippen LogP contribution in [0.25, 0.3) is 0 Å². The summed E-state index contributed by atoms with van der Waals surface area (Å²) >= 11 is 6.11.